The predicted octanol–water partition coefficient (Wildman–Crippen LogP) is 5.55. The molecule has 0 spiro atoms. The Morgan fingerprint density at radius 3 is 2.28 bits per heavy atom. The van der Waals surface area contributed by atoms with E-state index in [1.807, 2.05) is 30.3 Å². The van der Waals surface area contributed by atoms with Gasteiger partial charge in [0.05, 0.1) is 28.5 Å². The van der Waals surface area contributed by atoms with Gasteiger partial charge in [0.15, 0.2) is 4.80 Å². The summed E-state index contributed by atoms with van der Waals surface area (Å²) in [5.41, 5.74) is 5.20. The van der Waals surface area contributed by atoms with Gasteiger partial charge in [-0.2, -0.15) is 0 Å². The third kappa shape index (κ3) is 5.93. The van der Waals surface area contributed by atoms with E-state index >= 15 is 0 Å². The zero-order valence-electron chi connectivity index (χ0n) is 23.9. The second-order valence-corrected chi connectivity index (χ2v) is 11.0. The highest BCUT2D eigenvalue weighted by molar-refractivity contribution is 7.07. The number of allylic oxidation sites excluding steroid dienone is 1. The maximum atomic E-state index is 13.9. The van der Waals surface area contributed by atoms with Gasteiger partial charge in [-0.3, -0.25) is 9.36 Å². The third-order valence-corrected chi connectivity index (χ3v) is 8.11. The van der Waals surface area contributed by atoms with Crippen molar-refractivity contribution in [3.63, 3.8) is 0 Å². The van der Waals surface area contributed by atoms with Gasteiger partial charge < -0.3 is 9.64 Å². The Labute approximate surface area is 235 Å². The van der Waals surface area contributed by atoms with E-state index in [1.165, 1.54) is 16.9 Å². The van der Waals surface area contributed by atoms with Gasteiger partial charge in [0.2, 0.25) is 0 Å². The number of nitrogens with zero attached hydrogens (tertiary/aromatic N) is 3. The van der Waals surface area contributed by atoms with Crippen molar-refractivity contribution in [3.05, 3.63) is 96.2 Å². The van der Waals surface area contributed by atoms with Crippen LogP contribution in [0.5, 0.6) is 0 Å². The Morgan fingerprint density at radius 2 is 1.72 bits per heavy atom. The molecule has 1 aliphatic rings. The van der Waals surface area contributed by atoms with Crippen LogP contribution in [-0.2, 0) is 9.53 Å². The molecule has 0 unspecified atom stereocenters. The molecule has 39 heavy (non-hydrogen) atoms. The zero-order chi connectivity index (χ0) is 28.1. The van der Waals surface area contributed by atoms with E-state index in [-0.39, 0.29) is 12.2 Å². The van der Waals surface area contributed by atoms with E-state index in [4.69, 9.17) is 9.73 Å². The summed E-state index contributed by atoms with van der Waals surface area (Å²) < 4.78 is 7.77. The number of esters is 1. The largest absolute Gasteiger partial charge is 0.463 e. The van der Waals surface area contributed by atoms with E-state index in [1.54, 1.807) is 11.5 Å². The van der Waals surface area contributed by atoms with Gasteiger partial charge in [0.1, 0.15) is 0 Å². The zero-order valence-corrected chi connectivity index (χ0v) is 24.7. The highest BCUT2D eigenvalue weighted by atomic mass is 32.1. The van der Waals surface area contributed by atoms with E-state index in [9.17, 15) is 9.59 Å². The van der Waals surface area contributed by atoms with Gasteiger partial charge in [0, 0.05) is 18.8 Å². The van der Waals surface area contributed by atoms with Crippen LogP contribution in [0.15, 0.2) is 69.6 Å². The molecule has 7 heteroatoms. The molecule has 0 bridgehead atoms. The molecule has 1 atom stereocenters. The number of ether oxygens (including phenoxy) is 1. The normalized spacial score (nSPS) is 15.4. The standard InChI is InChI=1S/C32H39N3O3S/c1-7-11-26-28(31(37)38-10-4)29(24-16-14-23(15-17-24)21(5)6)35-30(36)27(39-32(35)33-26)20-22-12-18-25(19-13-22)34(8-2)9-3/h12-21,29H,7-11H2,1-6H3/b27-20-/t29-/m1/s1. The first-order chi connectivity index (χ1) is 18.8. The molecular weight excluding hydrogens is 506 g/mol. The molecule has 6 nitrogen and oxygen atoms in total. The molecule has 2 aromatic carbocycles. The first kappa shape index (κ1) is 28.6. The Balaban J connectivity index is 1.89. The summed E-state index contributed by atoms with van der Waals surface area (Å²) in [6.07, 6.45) is 3.38. The summed E-state index contributed by atoms with van der Waals surface area (Å²) in [6.45, 7) is 14.6. The highest BCUT2D eigenvalue weighted by Crippen LogP contribution is 2.33. The Bertz CT molecular complexity index is 1510. The molecule has 0 aliphatic carbocycles. The number of hydrogen-bond donors (Lipinski definition) is 0. The van der Waals surface area contributed by atoms with Crippen LogP contribution in [0.3, 0.4) is 0 Å². The highest BCUT2D eigenvalue weighted by Gasteiger charge is 2.34. The maximum absolute atomic E-state index is 13.9. The third-order valence-electron chi connectivity index (χ3n) is 7.13. The molecular formula is C32H39N3O3S. The molecule has 1 aliphatic heterocycles. The van der Waals surface area contributed by atoms with E-state index in [0.717, 1.165) is 36.3 Å². The molecule has 3 aromatic rings. The summed E-state index contributed by atoms with van der Waals surface area (Å²) in [5, 5.41) is 0. The Morgan fingerprint density at radius 1 is 1.05 bits per heavy atom. The number of thiazole rings is 1. The van der Waals surface area contributed by atoms with Crippen molar-refractivity contribution >= 4 is 29.1 Å². The lowest BCUT2D eigenvalue weighted by atomic mass is 9.92. The maximum Gasteiger partial charge on any atom is 0.338 e. The van der Waals surface area contributed by atoms with Crippen molar-refractivity contribution in [1.29, 1.82) is 0 Å². The lowest BCUT2D eigenvalue weighted by Crippen LogP contribution is -2.40. The summed E-state index contributed by atoms with van der Waals surface area (Å²) >= 11 is 1.37. The average Bonchev–Trinajstić information content (AvgIpc) is 3.24. The van der Waals surface area contributed by atoms with Crippen LogP contribution >= 0.6 is 11.3 Å². The fraction of sp³-hybridized carbons (Fsp3) is 0.406. The van der Waals surface area contributed by atoms with E-state index in [2.05, 4.69) is 63.8 Å². The number of benzene rings is 2. The van der Waals surface area contributed by atoms with Crippen molar-refractivity contribution in [1.82, 2.24) is 4.57 Å². The predicted molar refractivity (Wildman–Crippen MR) is 160 cm³/mol. The number of anilines is 1. The lowest BCUT2D eigenvalue weighted by molar-refractivity contribution is -0.139. The van der Waals surface area contributed by atoms with Crippen LogP contribution < -0.4 is 19.8 Å². The van der Waals surface area contributed by atoms with Gasteiger partial charge in [0.25, 0.3) is 5.56 Å². The summed E-state index contributed by atoms with van der Waals surface area (Å²) in [7, 11) is 0. The van der Waals surface area contributed by atoms with Gasteiger partial charge >= 0.3 is 5.97 Å². The Hall–Kier alpha value is -3.45. The van der Waals surface area contributed by atoms with Crippen LogP contribution in [0, 0.1) is 0 Å². The second kappa shape index (κ2) is 12.6. The molecule has 0 fully saturated rings. The minimum absolute atomic E-state index is 0.151. The van der Waals surface area contributed by atoms with E-state index in [0.29, 0.717) is 32.9 Å². The lowest BCUT2D eigenvalue weighted by Gasteiger charge is -2.26. The second-order valence-electron chi connectivity index (χ2n) is 10.00. The Kier molecular flexibility index (Phi) is 9.23. The van der Waals surface area contributed by atoms with Crippen molar-refractivity contribution < 1.29 is 9.53 Å². The molecule has 206 valence electrons. The molecule has 2 heterocycles. The molecule has 0 saturated carbocycles. The molecule has 0 radical (unpaired) electrons. The van der Waals surface area contributed by atoms with E-state index < -0.39 is 12.0 Å². The van der Waals surface area contributed by atoms with Crippen molar-refractivity contribution in [2.24, 2.45) is 4.99 Å². The fourth-order valence-corrected chi connectivity index (χ4v) is 6.04. The number of carbonyl (C=O) groups excluding carboxylic acids is 1. The number of fused-ring (bicyclic) bond motifs is 1. The first-order valence-corrected chi connectivity index (χ1v) is 14.8. The smallest absolute Gasteiger partial charge is 0.338 e. The SMILES string of the molecule is CCCC1=C(C(=O)OCC)[C@@H](c2ccc(C(C)C)cc2)n2c(s/c(=C\c3ccc(N(CC)CC)cc3)c2=O)=N1. The first-order valence-electron chi connectivity index (χ1n) is 14.0. The number of hydrogen-bond acceptors (Lipinski definition) is 6. The van der Waals surface area contributed by atoms with Crippen molar-refractivity contribution in [2.75, 3.05) is 24.6 Å². The summed E-state index contributed by atoms with van der Waals surface area (Å²) in [5.74, 6) is -0.0335. The van der Waals surface area contributed by atoms with Crippen LogP contribution in [0.1, 0.15) is 83.0 Å². The average molecular weight is 546 g/mol. The molecule has 1 aromatic heterocycles. The monoisotopic (exact) mass is 545 g/mol. The van der Waals surface area contributed by atoms with Crippen LogP contribution in [0.4, 0.5) is 5.69 Å². The number of aromatic nitrogens is 1. The van der Waals surface area contributed by atoms with Crippen LogP contribution in [-0.4, -0.2) is 30.2 Å². The van der Waals surface area contributed by atoms with Crippen molar-refractivity contribution in [3.8, 4) is 0 Å². The molecule has 0 N–H and O–H groups in total. The van der Waals surface area contributed by atoms with Gasteiger partial charge in [-0.05, 0) is 68.0 Å². The molecule has 0 saturated heterocycles. The number of carbonyl (C=O) groups is 1. The van der Waals surface area contributed by atoms with Gasteiger partial charge in [-0.25, -0.2) is 9.79 Å². The van der Waals surface area contributed by atoms with Crippen LogP contribution in [0.25, 0.3) is 6.08 Å². The molecule has 0 amide bonds. The summed E-state index contributed by atoms with van der Waals surface area (Å²) in [4.78, 5) is 35.0. The molecule has 4 rings (SSSR count). The van der Waals surface area contributed by atoms with Crippen LogP contribution in [0.2, 0.25) is 0 Å². The fourth-order valence-electron chi connectivity index (χ4n) is 5.02. The minimum atomic E-state index is -0.588. The van der Waals surface area contributed by atoms with Gasteiger partial charge in [-0.15, -0.1) is 0 Å². The topological polar surface area (TPSA) is 63.9 Å². The number of rotatable bonds is 10. The minimum Gasteiger partial charge on any atom is -0.463 e. The quantitative estimate of drug-likeness (QED) is 0.314. The van der Waals surface area contributed by atoms with Gasteiger partial charge in [-0.1, -0.05) is 74.9 Å². The van der Waals surface area contributed by atoms with Crippen molar-refractivity contribution in [2.45, 2.75) is 66.3 Å². The summed E-state index contributed by atoms with van der Waals surface area (Å²) in [6, 6.07) is 15.9.